The summed E-state index contributed by atoms with van der Waals surface area (Å²) in [6, 6.07) is 14.8. The Labute approximate surface area is 182 Å². The first-order valence-electron chi connectivity index (χ1n) is 10.5. The molecule has 8 heteroatoms. The average molecular weight is 425 g/mol. The molecule has 0 spiro atoms. The molecule has 2 unspecified atom stereocenters. The van der Waals surface area contributed by atoms with Gasteiger partial charge in [-0.05, 0) is 30.2 Å². The number of carbonyl (C=O) groups is 2. The molecular weight excluding hydrogens is 396 g/mol. The second-order valence-electron chi connectivity index (χ2n) is 7.79. The van der Waals surface area contributed by atoms with Gasteiger partial charge in [-0.2, -0.15) is 0 Å². The van der Waals surface area contributed by atoms with Gasteiger partial charge in [0.25, 0.3) is 11.6 Å². The lowest BCUT2D eigenvalue weighted by atomic mass is 9.97. The SMILES string of the molecule is CCC(C)C(NC(=O)c1ccccc1)C(=O)N1CCN(c2ccc([N+](=O)[O-])cc2)CC1. The van der Waals surface area contributed by atoms with Gasteiger partial charge >= 0.3 is 0 Å². The zero-order valence-electron chi connectivity index (χ0n) is 17.9. The Bertz CT molecular complexity index is 909. The molecule has 0 radical (unpaired) electrons. The molecule has 1 N–H and O–H groups in total. The summed E-state index contributed by atoms with van der Waals surface area (Å²) < 4.78 is 0. The van der Waals surface area contributed by atoms with E-state index in [1.165, 1.54) is 12.1 Å². The van der Waals surface area contributed by atoms with E-state index in [0.717, 1.165) is 12.1 Å². The van der Waals surface area contributed by atoms with Crippen LogP contribution in [0.25, 0.3) is 0 Å². The van der Waals surface area contributed by atoms with E-state index >= 15 is 0 Å². The molecular formula is C23H28N4O4. The molecule has 1 heterocycles. The first kappa shape index (κ1) is 22.3. The minimum atomic E-state index is -0.580. The maximum Gasteiger partial charge on any atom is 0.269 e. The molecule has 1 fully saturated rings. The minimum Gasteiger partial charge on any atom is -0.368 e. The van der Waals surface area contributed by atoms with E-state index < -0.39 is 11.0 Å². The molecule has 1 aliphatic heterocycles. The maximum absolute atomic E-state index is 13.2. The largest absolute Gasteiger partial charge is 0.368 e. The highest BCUT2D eigenvalue weighted by Gasteiger charge is 2.32. The average Bonchev–Trinajstić information content (AvgIpc) is 2.82. The molecule has 0 aliphatic carbocycles. The van der Waals surface area contributed by atoms with Crippen LogP contribution >= 0.6 is 0 Å². The zero-order chi connectivity index (χ0) is 22.4. The number of hydrogen-bond acceptors (Lipinski definition) is 5. The quantitative estimate of drug-likeness (QED) is 0.544. The third-order valence-electron chi connectivity index (χ3n) is 5.82. The van der Waals surface area contributed by atoms with Gasteiger partial charge in [-0.15, -0.1) is 0 Å². The topological polar surface area (TPSA) is 95.8 Å². The van der Waals surface area contributed by atoms with Crippen molar-refractivity contribution in [1.82, 2.24) is 10.2 Å². The van der Waals surface area contributed by atoms with Gasteiger partial charge in [0.1, 0.15) is 6.04 Å². The third-order valence-corrected chi connectivity index (χ3v) is 5.82. The lowest BCUT2D eigenvalue weighted by Crippen LogP contribution is -2.56. The van der Waals surface area contributed by atoms with E-state index in [2.05, 4.69) is 10.2 Å². The van der Waals surface area contributed by atoms with Crippen molar-refractivity contribution >= 4 is 23.2 Å². The molecule has 3 rings (SSSR count). The Balaban J connectivity index is 1.63. The number of rotatable bonds is 7. The summed E-state index contributed by atoms with van der Waals surface area (Å²) in [5.41, 5.74) is 1.49. The number of nitro benzene ring substituents is 1. The number of carbonyl (C=O) groups excluding carboxylic acids is 2. The van der Waals surface area contributed by atoms with E-state index in [0.29, 0.717) is 31.7 Å². The second-order valence-corrected chi connectivity index (χ2v) is 7.79. The fourth-order valence-electron chi connectivity index (χ4n) is 3.66. The van der Waals surface area contributed by atoms with Crippen LogP contribution in [0.5, 0.6) is 0 Å². The molecule has 31 heavy (non-hydrogen) atoms. The third kappa shape index (κ3) is 5.39. The smallest absolute Gasteiger partial charge is 0.269 e. The number of benzene rings is 2. The molecule has 8 nitrogen and oxygen atoms in total. The van der Waals surface area contributed by atoms with Crippen molar-refractivity contribution in [2.45, 2.75) is 26.3 Å². The molecule has 0 saturated carbocycles. The van der Waals surface area contributed by atoms with Gasteiger partial charge in [-0.25, -0.2) is 0 Å². The summed E-state index contributed by atoms with van der Waals surface area (Å²) in [5.74, 6) is -0.307. The van der Waals surface area contributed by atoms with Gasteiger partial charge in [-0.3, -0.25) is 19.7 Å². The Hall–Kier alpha value is -3.42. The highest BCUT2D eigenvalue weighted by Crippen LogP contribution is 2.21. The monoisotopic (exact) mass is 424 g/mol. The minimum absolute atomic E-state index is 0.00728. The number of non-ortho nitro benzene ring substituents is 1. The Morgan fingerprint density at radius 3 is 2.19 bits per heavy atom. The Morgan fingerprint density at radius 1 is 1.03 bits per heavy atom. The maximum atomic E-state index is 13.2. The number of nitrogens with one attached hydrogen (secondary N) is 1. The van der Waals surface area contributed by atoms with E-state index in [1.54, 1.807) is 41.3 Å². The number of hydrogen-bond donors (Lipinski definition) is 1. The van der Waals surface area contributed by atoms with Crippen LogP contribution in [0.4, 0.5) is 11.4 Å². The van der Waals surface area contributed by atoms with Crippen molar-refractivity contribution in [3.05, 3.63) is 70.3 Å². The van der Waals surface area contributed by atoms with Gasteiger partial charge in [-0.1, -0.05) is 38.5 Å². The highest BCUT2D eigenvalue weighted by molar-refractivity contribution is 5.97. The van der Waals surface area contributed by atoms with Gasteiger partial charge in [0, 0.05) is 49.6 Å². The molecule has 2 amide bonds. The summed E-state index contributed by atoms with van der Waals surface area (Å²) >= 11 is 0. The number of anilines is 1. The molecule has 1 saturated heterocycles. The molecule has 164 valence electrons. The highest BCUT2D eigenvalue weighted by atomic mass is 16.6. The normalized spacial score (nSPS) is 15.8. The Kier molecular flexibility index (Phi) is 7.23. The standard InChI is InChI=1S/C23H28N4O4/c1-3-17(2)21(24-22(28)18-7-5-4-6-8-18)23(29)26-15-13-25(14-16-26)19-9-11-20(12-10-19)27(30)31/h4-12,17,21H,3,13-16H2,1-2H3,(H,24,28). The van der Waals surface area contributed by atoms with Crippen LogP contribution in [0, 0.1) is 16.0 Å². The summed E-state index contributed by atoms with van der Waals surface area (Å²) in [6.45, 7) is 6.30. The molecule has 1 aliphatic rings. The van der Waals surface area contributed by atoms with Crippen molar-refractivity contribution < 1.29 is 14.5 Å². The van der Waals surface area contributed by atoms with E-state index in [1.807, 2.05) is 19.9 Å². The van der Waals surface area contributed by atoms with Gasteiger partial charge < -0.3 is 15.1 Å². The first-order valence-corrected chi connectivity index (χ1v) is 10.5. The van der Waals surface area contributed by atoms with E-state index in [-0.39, 0.29) is 23.4 Å². The van der Waals surface area contributed by atoms with Crippen molar-refractivity contribution in [2.24, 2.45) is 5.92 Å². The van der Waals surface area contributed by atoms with Crippen LogP contribution in [0.1, 0.15) is 30.6 Å². The number of nitro groups is 1. The predicted molar refractivity (Wildman–Crippen MR) is 119 cm³/mol. The van der Waals surface area contributed by atoms with Crippen molar-refractivity contribution in [1.29, 1.82) is 0 Å². The van der Waals surface area contributed by atoms with Gasteiger partial charge in [0.15, 0.2) is 0 Å². The van der Waals surface area contributed by atoms with Crippen molar-refractivity contribution in [2.75, 3.05) is 31.1 Å². The van der Waals surface area contributed by atoms with Crippen LogP contribution in [0.3, 0.4) is 0 Å². The summed E-state index contributed by atoms with van der Waals surface area (Å²) in [6.07, 6.45) is 0.772. The van der Waals surface area contributed by atoms with E-state index in [9.17, 15) is 19.7 Å². The zero-order valence-corrected chi connectivity index (χ0v) is 17.9. The van der Waals surface area contributed by atoms with Crippen molar-refractivity contribution in [3.63, 3.8) is 0 Å². The fraction of sp³-hybridized carbons (Fsp3) is 0.391. The molecule has 2 aromatic rings. The number of piperazine rings is 1. The van der Waals surface area contributed by atoms with Crippen LogP contribution in [0.15, 0.2) is 54.6 Å². The molecule has 0 bridgehead atoms. The first-order chi connectivity index (χ1) is 14.9. The Morgan fingerprint density at radius 2 is 1.65 bits per heavy atom. The summed E-state index contributed by atoms with van der Waals surface area (Å²) in [4.78, 5) is 40.2. The van der Waals surface area contributed by atoms with Crippen LogP contribution in [0.2, 0.25) is 0 Å². The van der Waals surface area contributed by atoms with Crippen LogP contribution in [-0.2, 0) is 4.79 Å². The van der Waals surface area contributed by atoms with E-state index in [4.69, 9.17) is 0 Å². The predicted octanol–water partition coefficient (Wildman–Crippen LogP) is 3.09. The fourth-order valence-corrected chi connectivity index (χ4v) is 3.66. The molecule has 2 atom stereocenters. The lowest BCUT2D eigenvalue weighted by Gasteiger charge is -2.38. The number of nitrogens with zero attached hydrogens (tertiary/aromatic N) is 3. The van der Waals surface area contributed by atoms with Gasteiger partial charge in [0.2, 0.25) is 5.91 Å². The summed E-state index contributed by atoms with van der Waals surface area (Å²) in [5, 5.41) is 13.8. The second kappa shape index (κ2) is 10.1. The summed E-state index contributed by atoms with van der Waals surface area (Å²) in [7, 11) is 0. The molecule has 2 aromatic carbocycles. The van der Waals surface area contributed by atoms with Crippen LogP contribution < -0.4 is 10.2 Å². The lowest BCUT2D eigenvalue weighted by molar-refractivity contribution is -0.384. The van der Waals surface area contributed by atoms with Crippen LogP contribution in [-0.4, -0.2) is 53.9 Å². The van der Waals surface area contributed by atoms with Gasteiger partial charge in [0.05, 0.1) is 4.92 Å². The number of amides is 2. The van der Waals surface area contributed by atoms with Crippen molar-refractivity contribution in [3.8, 4) is 0 Å². The molecule has 0 aromatic heterocycles.